The Kier molecular flexibility index (Phi) is 4.70. The average Bonchev–Trinajstić information content (AvgIpc) is 2.53. The number of nitrogens with zero attached hydrogens (tertiary/aromatic N) is 1. The van der Waals surface area contributed by atoms with E-state index in [1.807, 2.05) is 0 Å². The summed E-state index contributed by atoms with van der Waals surface area (Å²) < 4.78 is 0. The number of imide groups is 1. The lowest BCUT2D eigenvalue weighted by atomic mass is 10.0. The molecule has 0 unspecified atom stereocenters. The number of carbonyl (C=O) groups excluding carboxylic acids is 2. The van der Waals surface area contributed by atoms with E-state index in [-0.39, 0.29) is 22.5 Å². The van der Waals surface area contributed by atoms with Crippen LogP contribution in [-0.4, -0.2) is 11.8 Å². The number of nitroso groups, excluding NO2 is 2. The molecule has 2 amide bonds. The largest absolute Gasteiger partial charge is 0.288 e. The maximum Gasteiger partial charge on any atom is 0.266 e. The molecule has 23 heavy (non-hydrogen) atoms. The predicted octanol–water partition coefficient (Wildman–Crippen LogP) is 1.75. The van der Waals surface area contributed by atoms with Crippen LogP contribution in [0.25, 0.3) is 0 Å². The van der Waals surface area contributed by atoms with Crippen LogP contribution in [0.4, 0.5) is 11.4 Å². The zero-order valence-electron chi connectivity index (χ0n) is 12.5. The molecule has 0 aliphatic heterocycles. The van der Waals surface area contributed by atoms with Crippen molar-refractivity contribution in [1.29, 1.82) is 0 Å². The van der Waals surface area contributed by atoms with E-state index in [0.717, 1.165) is 0 Å². The molecular weight excluding hydrogens is 298 g/mol. The van der Waals surface area contributed by atoms with E-state index in [1.54, 1.807) is 43.3 Å². The van der Waals surface area contributed by atoms with Crippen molar-refractivity contribution in [3.63, 3.8) is 0 Å². The van der Waals surface area contributed by atoms with Gasteiger partial charge in [-0.2, -0.15) is 0 Å². The summed E-state index contributed by atoms with van der Waals surface area (Å²) in [5.74, 6) is -1.48. The van der Waals surface area contributed by atoms with Gasteiger partial charge in [0, 0.05) is 16.2 Å². The molecular formula is C16H14N3O4+. The van der Waals surface area contributed by atoms with Crippen LogP contribution in [0.15, 0.2) is 41.6 Å². The molecule has 116 valence electrons. The Morgan fingerprint density at radius 2 is 1.52 bits per heavy atom. The molecule has 0 aromatic heterocycles. The molecule has 7 heteroatoms. The lowest BCUT2D eigenvalue weighted by molar-refractivity contribution is -0.379. The number of rotatable bonds is 4. The second kappa shape index (κ2) is 6.69. The van der Waals surface area contributed by atoms with Crippen LogP contribution in [0.1, 0.15) is 31.8 Å². The highest BCUT2D eigenvalue weighted by Crippen LogP contribution is 2.22. The highest BCUT2D eigenvalue weighted by Gasteiger charge is 2.23. The molecule has 2 rings (SSSR count). The van der Waals surface area contributed by atoms with Gasteiger partial charge in [0.15, 0.2) is 0 Å². The van der Waals surface area contributed by atoms with Gasteiger partial charge in [0.2, 0.25) is 0 Å². The fourth-order valence-electron chi connectivity index (χ4n) is 2.31. The van der Waals surface area contributed by atoms with E-state index in [2.05, 4.69) is 10.5 Å². The lowest BCUT2D eigenvalue weighted by Crippen LogP contribution is -2.57. The van der Waals surface area contributed by atoms with Crippen molar-refractivity contribution in [2.45, 2.75) is 13.8 Å². The van der Waals surface area contributed by atoms with Crippen LogP contribution in [0, 0.1) is 23.7 Å². The van der Waals surface area contributed by atoms with Crippen molar-refractivity contribution in [2.24, 2.45) is 5.18 Å². The Bertz CT molecular complexity index is 747. The van der Waals surface area contributed by atoms with Gasteiger partial charge in [-0.1, -0.05) is 24.3 Å². The summed E-state index contributed by atoms with van der Waals surface area (Å²) in [4.78, 5) is 46.4. The summed E-state index contributed by atoms with van der Waals surface area (Å²) in [6.07, 6.45) is 0. The summed E-state index contributed by atoms with van der Waals surface area (Å²) >= 11 is 0. The molecule has 2 aromatic rings. The summed E-state index contributed by atoms with van der Waals surface area (Å²) in [6, 6.07) is 9.30. The quantitative estimate of drug-likeness (QED) is 0.662. The zero-order chi connectivity index (χ0) is 17.0. The van der Waals surface area contributed by atoms with E-state index in [0.29, 0.717) is 11.1 Å². The second-order valence-corrected chi connectivity index (χ2v) is 4.94. The third-order valence-electron chi connectivity index (χ3n) is 3.41. The number of hydrogen-bond donors (Lipinski definition) is 2. The lowest BCUT2D eigenvalue weighted by Gasteiger charge is -2.09. The maximum atomic E-state index is 12.3. The number of benzene rings is 2. The summed E-state index contributed by atoms with van der Waals surface area (Å²) in [5, 5.41) is 6.66. The number of nitrogens with one attached hydrogen (secondary N) is 2. The third-order valence-corrected chi connectivity index (χ3v) is 3.41. The van der Waals surface area contributed by atoms with Gasteiger partial charge in [-0.25, -0.2) is 0 Å². The molecule has 0 spiro atoms. The van der Waals surface area contributed by atoms with Gasteiger partial charge < -0.3 is 0 Å². The SMILES string of the molecule is Cc1cccc(N=O)c1C(=O)NC(=O)c1c(C)cccc1[NH+]=O. The van der Waals surface area contributed by atoms with Crippen molar-refractivity contribution in [3.05, 3.63) is 68.5 Å². The molecule has 2 N–H and O–H groups in total. The third kappa shape index (κ3) is 3.18. The Balaban J connectivity index is 2.37. The first-order chi connectivity index (χ1) is 11.0. The van der Waals surface area contributed by atoms with E-state index < -0.39 is 11.8 Å². The van der Waals surface area contributed by atoms with Crippen LogP contribution in [-0.2, 0) is 0 Å². The molecule has 0 bridgehead atoms. The number of aryl methyl sites for hydroxylation is 2. The average molecular weight is 312 g/mol. The Morgan fingerprint density at radius 1 is 0.957 bits per heavy atom. The van der Waals surface area contributed by atoms with E-state index >= 15 is 0 Å². The standard InChI is InChI=1S/C16H13N3O4/c1-9-5-3-7-11(18-22)13(9)15(20)17-16(21)14-10(2)6-4-8-12(14)19-23/h3-8H,1-2H3,(H,17,20,21)/p+1. The van der Waals surface area contributed by atoms with Crippen molar-refractivity contribution in [2.75, 3.05) is 0 Å². The van der Waals surface area contributed by atoms with Crippen molar-refractivity contribution in [1.82, 2.24) is 5.32 Å². The highest BCUT2D eigenvalue weighted by molar-refractivity contribution is 6.14. The first kappa shape index (κ1) is 16.2. The van der Waals surface area contributed by atoms with Crippen LogP contribution < -0.4 is 10.5 Å². The van der Waals surface area contributed by atoms with Gasteiger partial charge >= 0.3 is 0 Å². The van der Waals surface area contributed by atoms with E-state index in [4.69, 9.17) is 0 Å². The first-order valence-electron chi connectivity index (χ1n) is 6.76. The maximum absolute atomic E-state index is 12.3. The summed E-state index contributed by atoms with van der Waals surface area (Å²) in [6.45, 7) is 3.28. The van der Waals surface area contributed by atoms with Crippen LogP contribution in [0.2, 0.25) is 0 Å². The van der Waals surface area contributed by atoms with E-state index in [9.17, 15) is 19.4 Å². The summed E-state index contributed by atoms with van der Waals surface area (Å²) in [7, 11) is 0. The van der Waals surface area contributed by atoms with Gasteiger partial charge in [-0.3, -0.25) is 14.9 Å². The van der Waals surface area contributed by atoms with Crippen LogP contribution >= 0.6 is 0 Å². The number of hydrogen-bond acceptors (Lipinski definition) is 5. The molecule has 0 saturated carbocycles. The smallest absolute Gasteiger partial charge is 0.266 e. The van der Waals surface area contributed by atoms with Gasteiger partial charge in [0.05, 0.1) is 5.56 Å². The fourth-order valence-corrected chi connectivity index (χ4v) is 2.31. The van der Waals surface area contributed by atoms with Crippen molar-refractivity contribution >= 4 is 23.2 Å². The molecule has 7 nitrogen and oxygen atoms in total. The van der Waals surface area contributed by atoms with Crippen LogP contribution in [0.3, 0.4) is 0 Å². The molecule has 0 aliphatic carbocycles. The zero-order valence-corrected chi connectivity index (χ0v) is 12.5. The molecule has 0 fully saturated rings. The normalized spacial score (nSPS) is 10.0. The minimum atomic E-state index is -0.747. The Hall–Kier alpha value is -3.22. The molecule has 2 aromatic carbocycles. The molecule has 0 atom stereocenters. The molecule has 0 saturated heterocycles. The monoisotopic (exact) mass is 312 g/mol. The number of amides is 2. The number of carbonyl (C=O) groups is 2. The molecule has 0 aliphatic rings. The fraction of sp³-hybridized carbons (Fsp3) is 0.125. The topological polar surface area (TPSA) is 107 Å². The van der Waals surface area contributed by atoms with Gasteiger partial charge in [-0.15, -0.1) is 4.91 Å². The van der Waals surface area contributed by atoms with Crippen molar-refractivity contribution in [3.8, 4) is 0 Å². The van der Waals surface area contributed by atoms with Crippen LogP contribution in [0.5, 0.6) is 0 Å². The summed E-state index contributed by atoms with van der Waals surface area (Å²) in [5.41, 5.74) is 1.16. The molecule has 0 heterocycles. The predicted molar refractivity (Wildman–Crippen MR) is 83.6 cm³/mol. The minimum absolute atomic E-state index is 0.0288. The highest BCUT2D eigenvalue weighted by atomic mass is 16.3. The van der Waals surface area contributed by atoms with Gasteiger partial charge in [0.25, 0.3) is 17.5 Å². The van der Waals surface area contributed by atoms with E-state index in [1.165, 1.54) is 12.1 Å². The van der Waals surface area contributed by atoms with Gasteiger partial charge in [0.1, 0.15) is 11.3 Å². The van der Waals surface area contributed by atoms with Crippen molar-refractivity contribution < 1.29 is 14.8 Å². The van der Waals surface area contributed by atoms with Gasteiger partial charge in [-0.05, 0) is 36.2 Å². The second-order valence-electron chi connectivity index (χ2n) is 4.94. The Morgan fingerprint density at radius 3 is 2.13 bits per heavy atom. The Labute approximate surface area is 131 Å². The molecule has 0 radical (unpaired) electrons. The minimum Gasteiger partial charge on any atom is -0.288 e. The first-order valence-corrected chi connectivity index (χ1v) is 6.76.